The van der Waals surface area contributed by atoms with Crippen molar-refractivity contribution in [3.63, 3.8) is 0 Å². The molecule has 0 bridgehead atoms. The quantitative estimate of drug-likeness (QED) is 0.279. The van der Waals surface area contributed by atoms with E-state index in [4.69, 9.17) is 33.2 Å². The van der Waals surface area contributed by atoms with Crippen molar-refractivity contribution >= 4 is 24.1 Å². The van der Waals surface area contributed by atoms with Crippen LogP contribution in [0.4, 0.5) is 9.59 Å². The van der Waals surface area contributed by atoms with E-state index in [0.29, 0.717) is 0 Å². The van der Waals surface area contributed by atoms with Crippen molar-refractivity contribution in [3.05, 3.63) is 41.7 Å². The molecule has 0 aliphatic carbocycles. The third kappa shape index (κ3) is 9.08. The molecule has 1 fully saturated rings. The van der Waals surface area contributed by atoms with Gasteiger partial charge in [0.05, 0.1) is 25.8 Å². The molecule has 41 heavy (non-hydrogen) atoms. The summed E-state index contributed by atoms with van der Waals surface area (Å²) in [4.78, 5) is 50.7. The van der Waals surface area contributed by atoms with Crippen molar-refractivity contribution in [1.82, 2.24) is 10.6 Å². The van der Waals surface area contributed by atoms with Gasteiger partial charge in [0, 0.05) is 6.92 Å². The Hall–Kier alpha value is -3.84. The average Bonchev–Trinajstić information content (AvgIpc) is 3.22. The molecular formula is C28H38N2O11. The SMILES string of the molecule is COC(=O)C1=C[C@H](NC(=O)OC(C)(C)C)[C@@H](NC(C)=O)[C@H]([C@H](OC(=O)Oc2ccc(C)cc2)[C@H]2COC(C)(C)O2)O1. The third-order valence-corrected chi connectivity index (χ3v) is 5.95. The highest BCUT2D eigenvalue weighted by atomic mass is 16.8. The molecule has 13 heteroatoms. The van der Waals surface area contributed by atoms with Gasteiger partial charge in [-0.2, -0.15) is 0 Å². The van der Waals surface area contributed by atoms with Gasteiger partial charge in [0.25, 0.3) is 0 Å². The fourth-order valence-corrected chi connectivity index (χ4v) is 4.27. The maximum Gasteiger partial charge on any atom is 0.514 e. The lowest BCUT2D eigenvalue weighted by Crippen LogP contribution is -2.64. The van der Waals surface area contributed by atoms with E-state index in [2.05, 4.69) is 10.6 Å². The van der Waals surface area contributed by atoms with Crippen LogP contribution in [0, 0.1) is 6.92 Å². The molecule has 1 aromatic carbocycles. The Morgan fingerprint density at radius 3 is 2.27 bits per heavy atom. The molecule has 0 radical (unpaired) electrons. The number of nitrogens with one attached hydrogen (secondary N) is 2. The first kappa shape index (κ1) is 31.7. The molecule has 2 heterocycles. The lowest BCUT2D eigenvalue weighted by atomic mass is 9.91. The van der Waals surface area contributed by atoms with Crippen molar-refractivity contribution in [2.45, 2.75) is 90.2 Å². The van der Waals surface area contributed by atoms with E-state index in [9.17, 15) is 19.2 Å². The molecule has 0 aromatic heterocycles. The number of esters is 1. The number of aryl methyl sites for hydroxylation is 1. The summed E-state index contributed by atoms with van der Waals surface area (Å²) in [5, 5.41) is 5.37. The molecule has 1 saturated heterocycles. The number of methoxy groups -OCH3 is 1. The summed E-state index contributed by atoms with van der Waals surface area (Å²) in [6, 6.07) is 4.58. The first-order valence-corrected chi connectivity index (χ1v) is 13.1. The summed E-state index contributed by atoms with van der Waals surface area (Å²) >= 11 is 0. The van der Waals surface area contributed by atoms with Crippen LogP contribution in [0.2, 0.25) is 0 Å². The Bertz CT molecular complexity index is 1160. The van der Waals surface area contributed by atoms with Crippen LogP contribution in [0.5, 0.6) is 5.75 Å². The molecule has 2 amide bonds. The molecule has 2 aliphatic rings. The minimum absolute atomic E-state index is 0.0242. The van der Waals surface area contributed by atoms with Gasteiger partial charge in [0.1, 0.15) is 17.5 Å². The zero-order valence-corrected chi connectivity index (χ0v) is 24.5. The molecule has 3 rings (SSSR count). The topological polar surface area (TPSA) is 157 Å². The molecule has 13 nitrogen and oxygen atoms in total. The second-order valence-corrected chi connectivity index (χ2v) is 11.1. The van der Waals surface area contributed by atoms with Crippen molar-refractivity contribution in [1.29, 1.82) is 0 Å². The molecule has 2 N–H and O–H groups in total. The number of benzene rings is 1. The van der Waals surface area contributed by atoms with Crippen LogP contribution in [0.3, 0.4) is 0 Å². The molecular weight excluding hydrogens is 540 g/mol. The summed E-state index contributed by atoms with van der Waals surface area (Å²) in [5.74, 6) is -2.46. The van der Waals surface area contributed by atoms with Gasteiger partial charge in [-0.3, -0.25) is 4.79 Å². The monoisotopic (exact) mass is 578 g/mol. The summed E-state index contributed by atoms with van der Waals surface area (Å²) in [7, 11) is 1.15. The van der Waals surface area contributed by atoms with Gasteiger partial charge in [0.15, 0.2) is 18.0 Å². The van der Waals surface area contributed by atoms with Gasteiger partial charge in [-0.25, -0.2) is 14.4 Å². The average molecular weight is 579 g/mol. The molecule has 0 spiro atoms. The second kappa shape index (κ2) is 12.8. The normalized spacial score (nSPS) is 24.1. The Balaban J connectivity index is 2.00. The van der Waals surface area contributed by atoms with Gasteiger partial charge in [-0.1, -0.05) is 17.7 Å². The van der Waals surface area contributed by atoms with Crippen LogP contribution in [-0.2, 0) is 38.0 Å². The van der Waals surface area contributed by atoms with Crippen molar-refractivity contribution in [3.8, 4) is 5.75 Å². The van der Waals surface area contributed by atoms with Crippen molar-refractivity contribution in [2.24, 2.45) is 0 Å². The molecule has 0 saturated carbocycles. The molecule has 1 aromatic rings. The minimum atomic E-state index is -1.30. The van der Waals surface area contributed by atoms with E-state index in [1.807, 2.05) is 6.92 Å². The van der Waals surface area contributed by atoms with Crippen molar-refractivity contribution < 1.29 is 52.3 Å². The maximum absolute atomic E-state index is 13.0. The van der Waals surface area contributed by atoms with Crippen LogP contribution in [0.1, 0.15) is 47.1 Å². The predicted molar refractivity (Wildman–Crippen MR) is 143 cm³/mol. The van der Waals surface area contributed by atoms with E-state index in [1.165, 1.54) is 13.0 Å². The van der Waals surface area contributed by atoms with E-state index in [-0.39, 0.29) is 18.1 Å². The first-order valence-electron chi connectivity index (χ1n) is 13.1. The smallest absolute Gasteiger partial charge is 0.477 e. The number of rotatable bonds is 7. The molecule has 0 unspecified atom stereocenters. The van der Waals surface area contributed by atoms with Crippen molar-refractivity contribution in [2.75, 3.05) is 13.7 Å². The largest absolute Gasteiger partial charge is 0.514 e. The number of carbonyl (C=O) groups excluding carboxylic acids is 4. The summed E-state index contributed by atoms with van der Waals surface area (Å²) < 4.78 is 39.0. The lowest BCUT2D eigenvalue weighted by molar-refractivity contribution is -0.171. The highest BCUT2D eigenvalue weighted by molar-refractivity contribution is 5.87. The van der Waals surface area contributed by atoms with Crippen LogP contribution in [-0.4, -0.2) is 79.6 Å². The Kier molecular flexibility index (Phi) is 9.87. The van der Waals surface area contributed by atoms with Crippen LogP contribution < -0.4 is 15.4 Å². The van der Waals surface area contributed by atoms with Gasteiger partial charge in [-0.05, 0) is 59.8 Å². The highest BCUT2D eigenvalue weighted by Gasteiger charge is 2.51. The molecule has 5 atom stereocenters. The Morgan fingerprint density at radius 1 is 1.07 bits per heavy atom. The van der Waals surface area contributed by atoms with E-state index >= 15 is 0 Å². The summed E-state index contributed by atoms with van der Waals surface area (Å²) in [6.45, 7) is 11.5. The van der Waals surface area contributed by atoms with E-state index < -0.39 is 65.9 Å². The number of hydrogen-bond acceptors (Lipinski definition) is 11. The number of hydrogen-bond donors (Lipinski definition) is 2. The van der Waals surface area contributed by atoms with E-state index in [0.717, 1.165) is 12.7 Å². The Labute approximate surface area is 238 Å². The predicted octanol–water partition coefficient (Wildman–Crippen LogP) is 2.88. The van der Waals surface area contributed by atoms with Gasteiger partial charge in [0.2, 0.25) is 11.7 Å². The van der Waals surface area contributed by atoms with Gasteiger partial charge in [-0.15, -0.1) is 0 Å². The number of alkyl carbamates (subject to hydrolysis) is 1. The first-order chi connectivity index (χ1) is 19.1. The fraction of sp³-hybridized carbons (Fsp3) is 0.571. The van der Waals surface area contributed by atoms with Crippen LogP contribution in [0.25, 0.3) is 0 Å². The summed E-state index contributed by atoms with van der Waals surface area (Å²) in [6.07, 6.45) is -4.14. The number of amides is 2. The minimum Gasteiger partial charge on any atom is -0.477 e. The zero-order chi connectivity index (χ0) is 30.5. The zero-order valence-electron chi connectivity index (χ0n) is 24.5. The number of carbonyl (C=O) groups is 4. The third-order valence-electron chi connectivity index (χ3n) is 5.95. The lowest BCUT2D eigenvalue weighted by Gasteiger charge is -2.41. The Morgan fingerprint density at radius 2 is 1.73 bits per heavy atom. The summed E-state index contributed by atoms with van der Waals surface area (Å²) in [5.41, 5.74) is 0.126. The standard InChI is InChI=1S/C28H38N2O11/c1-15-9-11-17(12-10-15)37-26(34)39-22(20-14-36-28(6,7)40-20)23-21(29-16(2)31)18(13-19(38-23)24(32)35-8)30-25(33)41-27(3,4)5/h9-13,18,20-23H,14H2,1-8H3,(H,29,31)(H,30,33)/t18-,20+,21+,22+,23+/m0/s1. The highest BCUT2D eigenvalue weighted by Crippen LogP contribution is 2.32. The number of ether oxygens (including phenoxy) is 7. The maximum atomic E-state index is 13.0. The van der Waals surface area contributed by atoms with Crippen LogP contribution >= 0.6 is 0 Å². The van der Waals surface area contributed by atoms with E-state index in [1.54, 1.807) is 58.9 Å². The molecule has 226 valence electrons. The van der Waals surface area contributed by atoms with Gasteiger partial charge < -0.3 is 43.8 Å². The van der Waals surface area contributed by atoms with Gasteiger partial charge >= 0.3 is 18.2 Å². The molecule has 2 aliphatic heterocycles. The fourth-order valence-electron chi connectivity index (χ4n) is 4.27. The second-order valence-electron chi connectivity index (χ2n) is 11.1. The van der Waals surface area contributed by atoms with Crippen LogP contribution in [0.15, 0.2) is 36.1 Å².